The van der Waals surface area contributed by atoms with Crippen LogP contribution in [0.4, 0.5) is 4.39 Å². The number of carbonyl (C=O) groups excluding carboxylic acids is 1. The van der Waals surface area contributed by atoms with Gasteiger partial charge in [0.1, 0.15) is 6.67 Å². The number of H-pyrrole nitrogens is 1. The molecule has 0 saturated heterocycles. The lowest BCUT2D eigenvalue weighted by atomic mass is 10.2. The summed E-state index contributed by atoms with van der Waals surface area (Å²) in [5, 5.41) is 9.00. The van der Waals surface area contributed by atoms with Crippen molar-refractivity contribution in [3.8, 4) is 0 Å². The Labute approximate surface area is 75.5 Å². The molecule has 0 aromatic carbocycles. The molecule has 72 valence electrons. The maximum atomic E-state index is 11.8. The monoisotopic (exact) mass is 185 g/mol. The van der Waals surface area contributed by atoms with Crippen LogP contribution >= 0.6 is 0 Å². The molecule has 0 aliphatic rings. The van der Waals surface area contributed by atoms with Crippen LogP contribution in [-0.4, -0.2) is 29.3 Å². The Balaban J connectivity index is 2.76. The number of aromatic amines is 1. The van der Waals surface area contributed by atoms with E-state index in [9.17, 15) is 9.18 Å². The molecule has 1 aromatic rings. The van der Waals surface area contributed by atoms with Gasteiger partial charge >= 0.3 is 0 Å². The Bertz CT molecular complexity index is 289. The van der Waals surface area contributed by atoms with Crippen molar-refractivity contribution in [2.24, 2.45) is 0 Å². The highest BCUT2D eigenvalue weighted by molar-refractivity contribution is 5.96. The molecule has 0 aliphatic heterocycles. The minimum Gasteiger partial charge on any atom is -0.349 e. The van der Waals surface area contributed by atoms with E-state index in [2.05, 4.69) is 15.5 Å². The highest BCUT2D eigenvalue weighted by atomic mass is 19.1. The summed E-state index contributed by atoms with van der Waals surface area (Å²) in [5.41, 5.74) is 1.84. The lowest BCUT2D eigenvalue weighted by Crippen LogP contribution is -2.26. The summed E-state index contributed by atoms with van der Waals surface area (Å²) in [6.07, 6.45) is 0. The second-order valence-corrected chi connectivity index (χ2v) is 2.75. The van der Waals surface area contributed by atoms with Crippen LogP contribution in [0.25, 0.3) is 0 Å². The number of nitrogens with zero attached hydrogens (tertiary/aromatic N) is 1. The average Bonchev–Trinajstić information content (AvgIpc) is 2.42. The Morgan fingerprint density at radius 2 is 2.31 bits per heavy atom. The van der Waals surface area contributed by atoms with Crippen molar-refractivity contribution in [3.05, 3.63) is 17.0 Å². The minimum absolute atomic E-state index is 0.0445. The molecule has 0 atom stereocenters. The summed E-state index contributed by atoms with van der Waals surface area (Å²) < 4.78 is 11.8. The topological polar surface area (TPSA) is 57.8 Å². The molecular formula is C8H12FN3O. The van der Waals surface area contributed by atoms with Gasteiger partial charge in [-0.1, -0.05) is 0 Å². The number of nitrogens with one attached hydrogen (secondary N) is 2. The number of carbonyl (C=O) groups is 1. The van der Waals surface area contributed by atoms with Gasteiger partial charge in [-0.2, -0.15) is 5.10 Å². The third-order valence-electron chi connectivity index (χ3n) is 1.74. The van der Waals surface area contributed by atoms with Gasteiger partial charge < -0.3 is 5.32 Å². The van der Waals surface area contributed by atoms with E-state index in [1.807, 2.05) is 0 Å². The van der Waals surface area contributed by atoms with Gasteiger partial charge in [-0.3, -0.25) is 9.89 Å². The predicted octanol–water partition coefficient (Wildman–Crippen LogP) is 0.726. The second-order valence-electron chi connectivity index (χ2n) is 2.75. The van der Waals surface area contributed by atoms with Crippen molar-refractivity contribution in [1.82, 2.24) is 15.5 Å². The third kappa shape index (κ3) is 2.05. The van der Waals surface area contributed by atoms with Crippen LogP contribution in [0.1, 0.15) is 21.7 Å². The van der Waals surface area contributed by atoms with Crippen molar-refractivity contribution in [1.29, 1.82) is 0 Å². The first-order valence-electron chi connectivity index (χ1n) is 4.02. The zero-order valence-corrected chi connectivity index (χ0v) is 7.65. The fourth-order valence-electron chi connectivity index (χ4n) is 1.13. The van der Waals surface area contributed by atoms with E-state index in [0.717, 1.165) is 0 Å². The van der Waals surface area contributed by atoms with Crippen molar-refractivity contribution in [2.45, 2.75) is 13.8 Å². The van der Waals surface area contributed by atoms with Crippen LogP contribution in [0.3, 0.4) is 0 Å². The number of rotatable bonds is 3. The van der Waals surface area contributed by atoms with Crippen molar-refractivity contribution < 1.29 is 9.18 Å². The molecule has 0 bridgehead atoms. The van der Waals surface area contributed by atoms with E-state index >= 15 is 0 Å². The quantitative estimate of drug-likeness (QED) is 0.729. The molecule has 0 fully saturated rings. The molecule has 1 rings (SSSR count). The lowest BCUT2D eigenvalue weighted by molar-refractivity contribution is 0.0949. The standard InChI is InChI=1S/C8H12FN3O/c1-5-7(6(2)12-11-5)8(13)10-4-3-9/h3-4H2,1-2H3,(H,10,13)(H,11,12). The smallest absolute Gasteiger partial charge is 0.255 e. The fourth-order valence-corrected chi connectivity index (χ4v) is 1.13. The van der Waals surface area contributed by atoms with E-state index in [-0.39, 0.29) is 12.5 Å². The molecule has 2 N–H and O–H groups in total. The highest BCUT2D eigenvalue weighted by Gasteiger charge is 2.13. The van der Waals surface area contributed by atoms with Crippen LogP contribution in [0.5, 0.6) is 0 Å². The first-order valence-corrected chi connectivity index (χ1v) is 4.02. The van der Waals surface area contributed by atoms with E-state index in [4.69, 9.17) is 0 Å². The first kappa shape index (κ1) is 9.70. The summed E-state index contributed by atoms with van der Waals surface area (Å²) in [7, 11) is 0. The number of hydrogen-bond donors (Lipinski definition) is 2. The van der Waals surface area contributed by atoms with E-state index in [0.29, 0.717) is 17.0 Å². The van der Waals surface area contributed by atoms with Gasteiger partial charge in [0.25, 0.3) is 5.91 Å². The van der Waals surface area contributed by atoms with Crippen molar-refractivity contribution >= 4 is 5.91 Å². The summed E-state index contributed by atoms with van der Waals surface area (Å²) in [6.45, 7) is 2.97. The molecule has 0 radical (unpaired) electrons. The third-order valence-corrected chi connectivity index (χ3v) is 1.74. The number of amides is 1. The van der Waals surface area contributed by atoms with E-state index in [1.54, 1.807) is 13.8 Å². The Morgan fingerprint density at radius 3 is 2.77 bits per heavy atom. The molecule has 0 unspecified atom stereocenters. The molecule has 5 heteroatoms. The first-order chi connectivity index (χ1) is 6.16. The lowest BCUT2D eigenvalue weighted by Gasteiger charge is -2.01. The maximum absolute atomic E-state index is 11.8. The van der Waals surface area contributed by atoms with Gasteiger partial charge in [0.15, 0.2) is 0 Å². The normalized spacial score (nSPS) is 10.1. The number of aryl methyl sites for hydroxylation is 2. The second kappa shape index (κ2) is 4.02. The highest BCUT2D eigenvalue weighted by Crippen LogP contribution is 2.08. The zero-order valence-electron chi connectivity index (χ0n) is 7.65. The van der Waals surface area contributed by atoms with Gasteiger partial charge in [0.05, 0.1) is 11.3 Å². The Morgan fingerprint density at radius 1 is 1.62 bits per heavy atom. The molecular weight excluding hydrogens is 173 g/mol. The molecule has 0 saturated carbocycles. The molecule has 0 aliphatic carbocycles. The Kier molecular flexibility index (Phi) is 3.00. The molecule has 0 spiro atoms. The summed E-state index contributed by atoms with van der Waals surface area (Å²) in [4.78, 5) is 11.4. The summed E-state index contributed by atoms with van der Waals surface area (Å²) >= 11 is 0. The number of halogens is 1. The molecule has 1 aromatic heterocycles. The van der Waals surface area contributed by atoms with Crippen LogP contribution < -0.4 is 5.32 Å². The SMILES string of the molecule is Cc1n[nH]c(C)c1C(=O)NCCF. The Hall–Kier alpha value is -1.39. The van der Waals surface area contributed by atoms with Gasteiger partial charge in [0, 0.05) is 12.2 Å². The largest absolute Gasteiger partial charge is 0.349 e. The van der Waals surface area contributed by atoms with Crippen LogP contribution in [0.15, 0.2) is 0 Å². The van der Waals surface area contributed by atoms with Crippen LogP contribution in [-0.2, 0) is 0 Å². The van der Waals surface area contributed by atoms with Crippen molar-refractivity contribution in [2.75, 3.05) is 13.2 Å². The summed E-state index contributed by atoms with van der Waals surface area (Å²) in [6, 6.07) is 0. The van der Waals surface area contributed by atoms with Gasteiger partial charge in [-0.15, -0.1) is 0 Å². The molecule has 4 nitrogen and oxygen atoms in total. The van der Waals surface area contributed by atoms with Crippen LogP contribution in [0.2, 0.25) is 0 Å². The van der Waals surface area contributed by atoms with E-state index < -0.39 is 6.67 Å². The number of aromatic nitrogens is 2. The molecule has 13 heavy (non-hydrogen) atoms. The average molecular weight is 185 g/mol. The predicted molar refractivity (Wildman–Crippen MR) is 46.4 cm³/mol. The van der Waals surface area contributed by atoms with Gasteiger partial charge in [0.2, 0.25) is 0 Å². The molecule has 1 heterocycles. The summed E-state index contributed by atoms with van der Waals surface area (Å²) in [5.74, 6) is -0.276. The number of hydrogen-bond acceptors (Lipinski definition) is 2. The van der Waals surface area contributed by atoms with Crippen molar-refractivity contribution in [3.63, 3.8) is 0 Å². The van der Waals surface area contributed by atoms with Gasteiger partial charge in [-0.25, -0.2) is 4.39 Å². The molecule has 1 amide bonds. The minimum atomic E-state index is -0.554. The fraction of sp³-hybridized carbons (Fsp3) is 0.500. The van der Waals surface area contributed by atoms with E-state index in [1.165, 1.54) is 0 Å². The maximum Gasteiger partial charge on any atom is 0.255 e. The number of alkyl halides is 1. The zero-order chi connectivity index (χ0) is 9.84. The van der Waals surface area contributed by atoms with Gasteiger partial charge in [-0.05, 0) is 13.8 Å². The van der Waals surface area contributed by atoms with Crippen LogP contribution in [0, 0.1) is 13.8 Å².